The minimum atomic E-state index is -0.257. The summed E-state index contributed by atoms with van der Waals surface area (Å²) in [5.41, 5.74) is 0.398. The SMILES string of the molecule is COCCOCCNC(=O)c1ccc(O)c(Cl)c1. The Bertz CT molecular complexity index is 398. The lowest BCUT2D eigenvalue weighted by molar-refractivity contribution is 0.0692. The number of benzene rings is 1. The van der Waals surface area contributed by atoms with Crippen molar-refractivity contribution >= 4 is 17.5 Å². The van der Waals surface area contributed by atoms with Gasteiger partial charge in [-0.3, -0.25) is 4.79 Å². The Labute approximate surface area is 111 Å². The Morgan fingerprint density at radius 3 is 2.83 bits per heavy atom. The van der Waals surface area contributed by atoms with E-state index in [-0.39, 0.29) is 16.7 Å². The highest BCUT2D eigenvalue weighted by molar-refractivity contribution is 6.32. The van der Waals surface area contributed by atoms with Gasteiger partial charge in [-0.2, -0.15) is 0 Å². The second-order valence-corrected chi connectivity index (χ2v) is 3.93. The fraction of sp³-hybridized carbons (Fsp3) is 0.417. The Morgan fingerprint density at radius 2 is 2.17 bits per heavy atom. The molecule has 0 aliphatic rings. The number of carbonyl (C=O) groups is 1. The fourth-order valence-corrected chi connectivity index (χ4v) is 1.41. The van der Waals surface area contributed by atoms with E-state index in [9.17, 15) is 9.90 Å². The van der Waals surface area contributed by atoms with E-state index >= 15 is 0 Å². The smallest absolute Gasteiger partial charge is 0.251 e. The first-order valence-electron chi connectivity index (χ1n) is 5.48. The summed E-state index contributed by atoms with van der Waals surface area (Å²) in [6, 6.07) is 4.30. The van der Waals surface area contributed by atoms with Gasteiger partial charge in [0.05, 0.1) is 24.8 Å². The van der Waals surface area contributed by atoms with Crippen LogP contribution in [0.1, 0.15) is 10.4 Å². The molecule has 5 nitrogen and oxygen atoms in total. The Morgan fingerprint density at radius 1 is 1.39 bits per heavy atom. The largest absolute Gasteiger partial charge is 0.506 e. The highest BCUT2D eigenvalue weighted by atomic mass is 35.5. The minimum Gasteiger partial charge on any atom is -0.506 e. The first-order valence-corrected chi connectivity index (χ1v) is 5.86. The van der Waals surface area contributed by atoms with Crippen molar-refractivity contribution < 1.29 is 19.4 Å². The summed E-state index contributed by atoms with van der Waals surface area (Å²) in [5.74, 6) is -0.302. The zero-order valence-corrected chi connectivity index (χ0v) is 10.9. The molecule has 0 heterocycles. The van der Waals surface area contributed by atoms with Crippen molar-refractivity contribution in [1.29, 1.82) is 0 Å². The summed E-state index contributed by atoms with van der Waals surface area (Å²) >= 11 is 5.71. The Balaban J connectivity index is 2.30. The van der Waals surface area contributed by atoms with Crippen LogP contribution in [0.15, 0.2) is 18.2 Å². The van der Waals surface area contributed by atoms with Gasteiger partial charge < -0.3 is 19.9 Å². The molecule has 0 aromatic heterocycles. The van der Waals surface area contributed by atoms with Crippen LogP contribution in [0.3, 0.4) is 0 Å². The molecule has 100 valence electrons. The van der Waals surface area contributed by atoms with Crippen molar-refractivity contribution in [2.75, 3.05) is 33.5 Å². The maximum absolute atomic E-state index is 11.7. The lowest BCUT2D eigenvalue weighted by atomic mass is 10.2. The summed E-state index contributed by atoms with van der Waals surface area (Å²) in [6.07, 6.45) is 0. The maximum Gasteiger partial charge on any atom is 0.251 e. The number of carbonyl (C=O) groups excluding carboxylic acids is 1. The molecule has 0 aliphatic carbocycles. The van der Waals surface area contributed by atoms with Crippen LogP contribution in [-0.2, 0) is 9.47 Å². The first kappa shape index (κ1) is 14.8. The number of ether oxygens (including phenoxy) is 2. The van der Waals surface area contributed by atoms with Crippen molar-refractivity contribution in [2.24, 2.45) is 0 Å². The number of nitrogens with one attached hydrogen (secondary N) is 1. The number of aromatic hydroxyl groups is 1. The molecule has 18 heavy (non-hydrogen) atoms. The zero-order valence-electron chi connectivity index (χ0n) is 10.1. The monoisotopic (exact) mass is 273 g/mol. The lowest BCUT2D eigenvalue weighted by Crippen LogP contribution is -2.27. The van der Waals surface area contributed by atoms with Gasteiger partial charge in [-0.25, -0.2) is 0 Å². The van der Waals surface area contributed by atoms with E-state index in [0.29, 0.717) is 31.9 Å². The average Bonchev–Trinajstić information content (AvgIpc) is 2.36. The van der Waals surface area contributed by atoms with Crippen molar-refractivity contribution in [3.63, 3.8) is 0 Å². The van der Waals surface area contributed by atoms with Crippen LogP contribution in [0.4, 0.5) is 0 Å². The number of methoxy groups -OCH3 is 1. The normalized spacial score (nSPS) is 10.3. The van der Waals surface area contributed by atoms with Crippen molar-refractivity contribution in [3.05, 3.63) is 28.8 Å². The third-order valence-electron chi connectivity index (χ3n) is 2.17. The van der Waals surface area contributed by atoms with E-state index in [1.165, 1.54) is 18.2 Å². The number of phenols is 1. The van der Waals surface area contributed by atoms with Gasteiger partial charge in [0, 0.05) is 19.2 Å². The van der Waals surface area contributed by atoms with Crippen LogP contribution >= 0.6 is 11.6 Å². The zero-order chi connectivity index (χ0) is 13.4. The highest BCUT2D eigenvalue weighted by Crippen LogP contribution is 2.23. The van der Waals surface area contributed by atoms with Gasteiger partial charge in [-0.05, 0) is 18.2 Å². The molecule has 0 radical (unpaired) electrons. The highest BCUT2D eigenvalue weighted by Gasteiger charge is 2.07. The van der Waals surface area contributed by atoms with E-state index in [2.05, 4.69) is 5.32 Å². The fourth-order valence-electron chi connectivity index (χ4n) is 1.23. The molecule has 2 N–H and O–H groups in total. The third-order valence-corrected chi connectivity index (χ3v) is 2.48. The molecule has 0 aliphatic heterocycles. The van der Waals surface area contributed by atoms with Crippen LogP contribution in [0.25, 0.3) is 0 Å². The molecule has 0 saturated heterocycles. The van der Waals surface area contributed by atoms with E-state index in [0.717, 1.165) is 0 Å². The number of hydrogen-bond donors (Lipinski definition) is 2. The van der Waals surface area contributed by atoms with Gasteiger partial charge >= 0.3 is 0 Å². The predicted octanol–water partition coefficient (Wildman–Crippen LogP) is 1.44. The number of halogens is 1. The molecule has 1 rings (SSSR count). The summed E-state index contributed by atoms with van der Waals surface area (Å²) in [5, 5.41) is 12.1. The van der Waals surface area contributed by atoms with E-state index in [4.69, 9.17) is 21.1 Å². The number of phenolic OH excluding ortho intramolecular Hbond substituents is 1. The quantitative estimate of drug-likeness (QED) is 0.738. The number of rotatable bonds is 7. The van der Waals surface area contributed by atoms with Gasteiger partial charge in [0.1, 0.15) is 5.75 Å². The summed E-state index contributed by atoms with van der Waals surface area (Å²) in [4.78, 5) is 11.7. The second kappa shape index (κ2) is 7.92. The molecule has 1 amide bonds. The first-order chi connectivity index (χ1) is 8.65. The molecule has 0 fully saturated rings. The molecular weight excluding hydrogens is 258 g/mol. The average molecular weight is 274 g/mol. The Hall–Kier alpha value is -1.30. The molecule has 1 aromatic rings. The molecular formula is C12H16ClNO4. The van der Waals surface area contributed by atoms with Crippen LogP contribution in [-0.4, -0.2) is 44.5 Å². The molecule has 0 bridgehead atoms. The van der Waals surface area contributed by atoms with Gasteiger partial charge in [-0.1, -0.05) is 11.6 Å². The van der Waals surface area contributed by atoms with Crippen LogP contribution in [0, 0.1) is 0 Å². The molecule has 6 heteroatoms. The molecule has 1 aromatic carbocycles. The maximum atomic E-state index is 11.7. The van der Waals surface area contributed by atoms with Gasteiger partial charge in [-0.15, -0.1) is 0 Å². The summed E-state index contributed by atoms with van der Waals surface area (Å²) < 4.78 is 10.0. The molecule has 0 unspecified atom stereocenters. The standard InChI is InChI=1S/C12H16ClNO4/c1-17-6-7-18-5-4-14-12(16)9-2-3-11(15)10(13)8-9/h2-3,8,15H,4-7H2,1H3,(H,14,16). The van der Waals surface area contributed by atoms with Crippen molar-refractivity contribution in [2.45, 2.75) is 0 Å². The van der Waals surface area contributed by atoms with E-state index in [1.807, 2.05) is 0 Å². The molecule has 0 spiro atoms. The van der Waals surface area contributed by atoms with E-state index in [1.54, 1.807) is 7.11 Å². The molecule has 0 saturated carbocycles. The van der Waals surface area contributed by atoms with Gasteiger partial charge in [0.25, 0.3) is 5.91 Å². The van der Waals surface area contributed by atoms with Crippen LogP contribution in [0.5, 0.6) is 5.75 Å². The van der Waals surface area contributed by atoms with Crippen molar-refractivity contribution in [1.82, 2.24) is 5.32 Å². The lowest BCUT2D eigenvalue weighted by Gasteiger charge is -2.07. The van der Waals surface area contributed by atoms with Crippen LogP contribution < -0.4 is 5.32 Å². The second-order valence-electron chi connectivity index (χ2n) is 3.53. The minimum absolute atomic E-state index is 0.0453. The third kappa shape index (κ3) is 4.91. The molecule has 0 atom stereocenters. The number of amides is 1. The topological polar surface area (TPSA) is 67.8 Å². The Kier molecular flexibility index (Phi) is 6.49. The predicted molar refractivity (Wildman–Crippen MR) is 68.1 cm³/mol. The van der Waals surface area contributed by atoms with Crippen molar-refractivity contribution in [3.8, 4) is 5.75 Å². The van der Waals surface area contributed by atoms with Gasteiger partial charge in [0.2, 0.25) is 0 Å². The number of hydrogen-bond acceptors (Lipinski definition) is 4. The van der Waals surface area contributed by atoms with Crippen LogP contribution in [0.2, 0.25) is 5.02 Å². The summed E-state index contributed by atoms with van der Waals surface area (Å²) in [7, 11) is 1.60. The van der Waals surface area contributed by atoms with Gasteiger partial charge in [0.15, 0.2) is 0 Å². The summed E-state index contributed by atoms with van der Waals surface area (Å²) in [6.45, 7) is 1.85. The van der Waals surface area contributed by atoms with E-state index < -0.39 is 0 Å².